The fourth-order valence-electron chi connectivity index (χ4n) is 3.83. The van der Waals surface area contributed by atoms with Gasteiger partial charge in [0.2, 0.25) is 5.89 Å². The molecule has 32 heavy (non-hydrogen) atoms. The van der Waals surface area contributed by atoms with E-state index in [9.17, 15) is 9.18 Å². The number of hydrogen-bond acceptors (Lipinski definition) is 5. The molecule has 0 spiro atoms. The summed E-state index contributed by atoms with van der Waals surface area (Å²) in [6, 6.07) is 12.9. The first-order chi connectivity index (χ1) is 15.5. The van der Waals surface area contributed by atoms with Crippen LogP contribution in [0.2, 0.25) is 0 Å². The van der Waals surface area contributed by atoms with E-state index < -0.39 is 0 Å². The molecule has 7 heteroatoms. The van der Waals surface area contributed by atoms with Crippen LogP contribution in [0.25, 0.3) is 0 Å². The number of amides is 1. The Hall–Kier alpha value is -3.03. The molecule has 1 saturated heterocycles. The number of hydrogen-bond donors (Lipinski definition) is 0. The Labute approximate surface area is 187 Å². The number of carbonyl (C=O) groups is 1. The van der Waals surface area contributed by atoms with Gasteiger partial charge in [-0.3, -0.25) is 9.69 Å². The highest BCUT2D eigenvalue weighted by Gasteiger charge is 2.22. The molecule has 0 aliphatic carbocycles. The Kier molecular flexibility index (Phi) is 6.97. The van der Waals surface area contributed by atoms with Crippen LogP contribution in [-0.4, -0.2) is 47.0 Å². The predicted octanol–water partition coefficient (Wildman–Crippen LogP) is 4.11. The van der Waals surface area contributed by atoms with Crippen LogP contribution in [0.4, 0.5) is 4.39 Å². The highest BCUT2D eigenvalue weighted by molar-refractivity contribution is 5.92. The second kappa shape index (κ2) is 10.1. The van der Waals surface area contributed by atoms with E-state index in [4.69, 9.17) is 9.15 Å². The van der Waals surface area contributed by atoms with Gasteiger partial charge >= 0.3 is 0 Å². The van der Waals surface area contributed by atoms with Gasteiger partial charge in [0.05, 0.1) is 19.8 Å². The summed E-state index contributed by atoms with van der Waals surface area (Å²) >= 11 is 0. The van der Waals surface area contributed by atoms with E-state index in [1.807, 2.05) is 0 Å². The van der Waals surface area contributed by atoms with Gasteiger partial charge in [0, 0.05) is 26.2 Å². The molecule has 3 aromatic rings. The molecular formula is C25H28FN3O3. The van der Waals surface area contributed by atoms with Gasteiger partial charge in [-0.05, 0) is 42.7 Å². The van der Waals surface area contributed by atoms with Crippen LogP contribution in [0.1, 0.15) is 38.6 Å². The molecular weight excluding hydrogens is 409 g/mol. The molecule has 1 aromatic heterocycles. The molecule has 4 rings (SSSR count). The van der Waals surface area contributed by atoms with Gasteiger partial charge in [0.1, 0.15) is 12.1 Å². The van der Waals surface area contributed by atoms with Gasteiger partial charge in [-0.2, -0.15) is 0 Å². The summed E-state index contributed by atoms with van der Waals surface area (Å²) < 4.78 is 24.3. The molecule has 1 aliphatic heterocycles. The summed E-state index contributed by atoms with van der Waals surface area (Å²) in [5, 5.41) is 0. The second-order valence-corrected chi connectivity index (χ2v) is 8.23. The minimum Gasteiger partial charge on any atom is -0.447 e. The number of aromatic nitrogens is 1. The van der Waals surface area contributed by atoms with Crippen molar-refractivity contribution in [3.8, 4) is 0 Å². The number of halogens is 1. The van der Waals surface area contributed by atoms with Crippen LogP contribution < -0.4 is 0 Å². The van der Waals surface area contributed by atoms with Crippen molar-refractivity contribution in [2.45, 2.75) is 33.5 Å². The topological polar surface area (TPSA) is 58.8 Å². The zero-order valence-electron chi connectivity index (χ0n) is 18.5. The standard InChI is InChI=1S/C25H28FN3O3/c1-18-3-4-19(2)21(13-18)15-28(14-20-5-7-22(26)8-6-20)16-24-27-23(17-32-24)25(30)29-9-11-31-12-10-29/h3-8,13,17H,9-12,14-16H2,1-2H3. The van der Waals surface area contributed by atoms with E-state index in [1.54, 1.807) is 17.0 Å². The monoisotopic (exact) mass is 437 g/mol. The number of carbonyl (C=O) groups excluding carboxylic acids is 1. The first kappa shape index (κ1) is 22.2. The molecule has 6 nitrogen and oxygen atoms in total. The first-order valence-corrected chi connectivity index (χ1v) is 10.8. The number of oxazole rings is 1. The molecule has 0 radical (unpaired) electrons. The van der Waals surface area contributed by atoms with Crippen LogP contribution in [-0.2, 0) is 24.4 Å². The van der Waals surface area contributed by atoms with Crippen molar-refractivity contribution in [2.24, 2.45) is 0 Å². The number of ether oxygens (including phenoxy) is 1. The maximum Gasteiger partial charge on any atom is 0.275 e. The molecule has 2 aromatic carbocycles. The lowest BCUT2D eigenvalue weighted by molar-refractivity contribution is 0.0299. The molecule has 168 valence electrons. The normalized spacial score (nSPS) is 14.2. The van der Waals surface area contributed by atoms with E-state index in [1.165, 1.54) is 35.1 Å². The first-order valence-electron chi connectivity index (χ1n) is 10.8. The number of rotatable bonds is 7. The number of aryl methyl sites for hydroxylation is 2. The van der Waals surface area contributed by atoms with Crippen molar-refractivity contribution in [3.63, 3.8) is 0 Å². The van der Waals surface area contributed by atoms with Gasteiger partial charge in [-0.1, -0.05) is 35.9 Å². The summed E-state index contributed by atoms with van der Waals surface area (Å²) in [6.07, 6.45) is 1.43. The number of morpholine rings is 1. The molecule has 1 aliphatic rings. The lowest BCUT2D eigenvalue weighted by Gasteiger charge is -2.25. The maximum atomic E-state index is 13.4. The van der Waals surface area contributed by atoms with Gasteiger partial charge in [0.15, 0.2) is 5.69 Å². The van der Waals surface area contributed by atoms with Crippen LogP contribution in [0.15, 0.2) is 53.1 Å². The van der Waals surface area contributed by atoms with E-state index in [2.05, 4.69) is 41.9 Å². The molecule has 0 bridgehead atoms. The average Bonchev–Trinajstić information content (AvgIpc) is 3.26. The van der Waals surface area contributed by atoms with Crippen molar-refractivity contribution in [3.05, 3.63) is 88.4 Å². The Bertz CT molecular complexity index is 1060. The third-order valence-corrected chi connectivity index (χ3v) is 5.65. The molecule has 1 fully saturated rings. The smallest absolute Gasteiger partial charge is 0.275 e. The third kappa shape index (κ3) is 5.60. The molecule has 0 unspecified atom stereocenters. The highest BCUT2D eigenvalue weighted by atomic mass is 19.1. The van der Waals surface area contributed by atoms with Crippen LogP contribution in [0.3, 0.4) is 0 Å². The second-order valence-electron chi connectivity index (χ2n) is 8.23. The Morgan fingerprint density at radius 1 is 1.06 bits per heavy atom. The Morgan fingerprint density at radius 2 is 1.81 bits per heavy atom. The fourth-order valence-corrected chi connectivity index (χ4v) is 3.83. The molecule has 0 saturated carbocycles. The Balaban J connectivity index is 1.51. The van der Waals surface area contributed by atoms with Gasteiger partial charge in [-0.15, -0.1) is 0 Å². The van der Waals surface area contributed by atoms with Crippen molar-refractivity contribution < 1.29 is 18.3 Å². The lowest BCUT2D eigenvalue weighted by Crippen LogP contribution is -2.40. The summed E-state index contributed by atoms with van der Waals surface area (Å²) in [4.78, 5) is 21.1. The Morgan fingerprint density at radius 3 is 2.56 bits per heavy atom. The maximum absolute atomic E-state index is 13.4. The van der Waals surface area contributed by atoms with E-state index in [-0.39, 0.29) is 11.7 Å². The average molecular weight is 438 g/mol. The van der Waals surface area contributed by atoms with E-state index in [0.717, 1.165) is 5.56 Å². The van der Waals surface area contributed by atoms with Crippen LogP contribution >= 0.6 is 0 Å². The largest absolute Gasteiger partial charge is 0.447 e. The van der Waals surface area contributed by atoms with Crippen molar-refractivity contribution in [1.29, 1.82) is 0 Å². The lowest BCUT2D eigenvalue weighted by atomic mass is 10.0. The van der Waals surface area contributed by atoms with Crippen LogP contribution in [0.5, 0.6) is 0 Å². The fraction of sp³-hybridized carbons (Fsp3) is 0.360. The third-order valence-electron chi connectivity index (χ3n) is 5.65. The van der Waals surface area contributed by atoms with Gasteiger partial charge in [0.25, 0.3) is 5.91 Å². The highest BCUT2D eigenvalue weighted by Crippen LogP contribution is 2.19. The molecule has 0 atom stereocenters. The predicted molar refractivity (Wildman–Crippen MR) is 118 cm³/mol. The van der Waals surface area contributed by atoms with E-state index in [0.29, 0.717) is 57.5 Å². The van der Waals surface area contributed by atoms with Crippen molar-refractivity contribution >= 4 is 5.91 Å². The quantitative estimate of drug-likeness (QED) is 0.557. The summed E-state index contributed by atoms with van der Waals surface area (Å²) in [6.45, 7) is 8.08. The van der Waals surface area contributed by atoms with Crippen LogP contribution in [0, 0.1) is 19.7 Å². The minimum atomic E-state index is -0.256. The number of nitrogens with zero attached hydrogens (tertiary/aromatic N) is 3. The summed E-state index contributed by atoms with van der Waals surface area (Å²) in [5.74, 6) is 0.0886. The van der Waals surface area contributed by atoms with E-state index >= 15 is 0 Å². The van der Waals surface area contributed by atoms with Crippen molar-refractivity contribution in [2.75, 3.05) is 26.3 Å². The zero-order chi connectivity index (χ0) is 22.5. The SMILES string of the molecule is Cc1ccc(C)c(CN(Cc2ccc(F)cc2)Cc2nc(C(=O)N3CCOCC3)co2)c1. The summed E-state index contributed by atoms with van der Waals surface area (Å²) in [5.41, 5.74) is 4.92. The minimum absolute atomic E-state index is 0.136. The number of benzene rings is 2. The van der Waals surface area contributed by atoms with Gasteiger partial charge < -0.3 is 14.1 Å². The van der Waals surface area contributed by atoms with Gasteiger partial charge in [-0.25, -0.2) is 9.37 Å². The molecule has 0 N–H and O–H groups in total. The van der Waals surface area contributed by atoms with Crippen molar-refractivity contribution in [1.82, 2.24) is 14.8 Å². The summed E-state index contributed by atoms with van der Waals surface area (Å²) in [7, 11) is 0. The molecule has 2 heterocycles. The molecule has 1 amide bonds. The zero-order valence-corrected chi connectivity index (χ0v) is 18.5.